The van der Waals surface area contributed by atoms with Gasteiger partial charge in [0.05, 0.1) is 12.2 Å². The lowest BCUT2D eigenvalue weighted by Gasteiger charge is -2.32. The molecule has 23 heavy (non-hydrogen) atoms. The number of hydrazine groups is 1. The first kappa shape index (κ1) is 16.9. The van der Waals surface area contributed by atoms with E-state index in [4.69, 9.17) is 4.74 Å². The van der Waals surface area contributed by atoms with Crippen molar-refractivity contribution in [2.24, 2.45) is 0 Å². The highest BCUT2D eigenvalue weighted by atomic mass is 19.1. The molecule has 0 radical (unpaired) electrons. The van der Waals surface area contributed by atoms with Gasteiger partial charge in [0.1, 0.15) is 11.4 Å². The molecule has 1 aromatic heterocycles. The summed E-state index contributed by atoms with van der Waals surface area (Å²) in [5, 5.41) is 20.7. The summed E-state index contributed by atoms with van der Waals surface area (Å²) in [7, 11) is 0. The molecule has 2 rings (SSSR count). The second-order valence-corrected chi connectivity index (χ2v) is 6.12. The summed E-state index contributed by atoms with van der Waals surface area (Å²) in [6.45, 7) is 4.85. The maximum Gasteiger partial charge on any atom is 0.431 e. The van der Waals surface area contributed by atoms with Gasteiger partial charge in [-0.25, -0.2) is 19.0 Å². The van der Waals surface area contributed by atoms with Crippen molar-refractivity contribution in [2.75, 3.05) is 0 Å². The van der Waals surface area contributed by atoms with Gasteiger partial charge in [-0.3, -0.25) is 4.98 Å². The lowest BCUT2D eigenvalue weighted by atomic mass is 10.1. The third kappa shape index (κ3) is 3.67. The number of carboxylic acid groups (broad SMARTS) is 1. The zero-order valence-electron chi connectivity index (χ0n) is 12.9. The Bertz CT molecular complexity index is 619. The maximum absolute atomic E-state index is 13.3. The number of carbonyl (C=O) groups excluding carboxylic acids is 1. The second-order valence-electron chi connectivity index (χ2n) is 6.12. The van der Waals surface area contributed by atoms with E-state index in [0.29, 0.717) is 10.0 Å². The molecule has 126 valence electrons. The number of aliphatic hydroxyl groups excluding tert-OH is 1. The van der Waals surface area contributed by atoms with Crippen LogP contribution >= 0.6 is 0 Å². The van der Waals surface area contributed by atoms with Gasteiger partial charge in [0.2, 0.25) is 0 Å². The number of aliphatic hydroxyl groups is 1. The minimum Gasteiger partial charge on any atom is -0.464 e. The Hall–Kier alpha value is -2.42. The molecule has 2 unspecified atom stereocenters. The SMILES string of the molecule is CC(C)(C)OC(=O)N1C(O)CC(c2cncc(F)c2)N1C(=O)O. The minimum absolute atomic E-state index is 0.114. The van der Waals surface area contributed by atoms with Gasteiger partial charge in [0, 0.05) is 12.6 Å². The predicted octanol–water partition coefficient (Wildman–Crippen LogP) is 2.12. The summed E-state index contributed by atoms with van der Waals surface area (Å²) in [4.78, 5) is 27.4. The van der Waals surface area contributed by atoms with Gasteiger partial charge in [-0.1, -0.05) is 0 Å². The Kier molecular flexibility index (Phi) is 4.42. The minimum atomic E-state index is -1.47. The standard InChI is InChI=1S/C14H18FN3O5/c1-14(2,3)23-13(22)18-11(19)5-10(17(18)12(20)21)8-4-9(15)7-16-6-8/h4,6-7,10-11,19H,5H2,1-3H3,(H,20,21). The third-order valence-corrected chi connectivity index (χ3v) is 3.13. The molecule has 1 aromatic rings. The maximum atomic E-state index is 13.3. The van der Waals surface area contributed by atoms with Gasteiger partial charge in [-0.15, -0.1) is 0 Å². The van der Waals surface area contributed by atoms with E-state index in [-0.39, 0.29) is 12.0 Å². The third-order valence-electron chi connectivity index (χ3n) is 3.13. The number of nitrogens with zero attached hydrogens (tertiary/aromatic N) is 3. The fourth-order valence-electron chi connectivity index (χ4n) is 2.32. The molecule has 2 amide bonds. The summed E-state index contributed by atoms with van der Waals surface area (Å²) in [5.41, 5.74) is -0.628. The van der Waals surface area contributed by atoms with E-state index in [1.165, 1.54) is 6.20 Å². The summed E-state index contributed by atoms with van der Waals surface area (Å²) < 4.78 is 18.4. The molecule has 2 N–H and O–H groups in total. The molecule has 1 saturated heterocycles. The lowest BCUT2D eigenvalue weighted by molar-refractivity contribution is -0.0827. The number of hydrogen-bond acceptors (Lipinski definition) is 5. The molecule has 0 saturated carbocycles. The van der Waals surface area contributed by atoms with Crippen LogP contribution in [-0.2, 0) is 4.74 Å². The van der Waals surface area contributed by atoms with Gasteiger partial charge >= 0.3 is 12.2 Å². The zero-order valence-corrected chi connectivity index (χ0v) is 12.9. The van der Waals surface area contributed by atoms with Crippen LogP contribution in [0.4, 0.5) is 14.0 Å². The van der Waals surface area contributed by atoms with Crippen LogP contribution in [0, 0.1) is 5.82 Å². The van der Waals surface area contributed by atoms with Gasteiger partial charge < -0.3 is 14.9 Å². The van der Waals surface area contributed by atoms with Crippen LogP contribution < -0.4 is 0 Å². The summed E-state index contributed by atoms with van der Waals surface area (Å²) >= 11 is 0. The molecule has 8 nitrogen and oxygen atoms in total. The fourth-order valence-corrected chi connectivity index (χ4v) is 2.32. The Morgan fingerprint density at radius 2 is 2.00 bits per heavy atom. The molecular weight excluding hydrogens is 309 g/mol. The first-order valence-electron chi connectivity index (χ1n) is 6.93. The highest BCUT2D eigenvalue weighted by Gasteiger charge is 2.47. The van der Waals surface area contributed by atoms with Gasteiger partial charge in [-0.2, -0.15) is 5.01 Å². The van der Waals surface area contributed by atoms with Gasteiger partial charge in [0.25, 0.3) is 0 Å². The molecule has 1 aliphatic rings. The molecule has 2 atom stereocenters. The topological polar surface area (TPSA) is 103 Å². The van der Waals surface area contributed by atoms with Crippen LogP contribution in [0.3, 0.4) is 0 Å². The number of aromatic nitrogens is 1. The number of ether oxygens (including phenoxy) is 1. The quantitative estimate of drug-likeness (QED) is 0.819. The number of rotatable bonds is 1. The zero-order chi connectivity index (χ0) is 17.4. The molecule has 0 aliphatic carbocycles. The van der Waals surface area contributed by atoms with Crippen molar-refractivity contribution < 1.29 is 28.9 Å². The fraction of sp³-hybridized carbons (Fsp3) is 0.500. The summed E-state index contributed by atoms with van der Waals surface area (Å²) in [5.74, 6) is -0.641. The molecule has 0 bridgehead atoms. The van der Waals surface area contributed by atoms with Crippen molar-refractivity contribution in [3.8, 4) is 0 Å². The van der Waals surface area contributed by atoms with Crippen molar-refractivity contribution in [1.82, 2.24) is 15.0 Å². The highest BCUT2D eigenvalue weighted by molar-refractivity contribution is 5.74. The molecule has 0 spiro atoms. The van der Waals surface area contributed by atoms with E-state index in [9.17, 15) is 24.2 Å². The second kappa shape index (κ2) is 5.99. The number of pyridine rings is 1. The number of halogens is 1. The van der Waals surface area contributed by atoms with Crippen LogP contribution in [0.1, 0.15) is 38.8 Å². The van der Waals surface area contributed by atoms with Crippen LogP contribution in [0.5, 0.6) is 0 Å². The van der Waals surface area contributed by atoms with E-state index >= 15 is 0 Å². The Balaban J connectivity index is 2.34. The van der Waals surface area contributed by atoms with Crippen molar-refractivity contribution in [3.05, 3.63) is 29.8 Å². The van der Waals surface area contributed by atoms with Crippen molar-refractivity contribution in [2.45, 2.75) is 45.1 Å². The van der Waals surface area contributed by atoms with E-state index in [2.05, 4.69) is 4.98 Å². The Labute approximate surface area is 132 Å². The number of hydrogen-bond donors (Lipinski definition) is 2. The monoisotopic (exact) mass is 327 g/mol. The normalized spacial score (nSPS) is 21.4. The van der Waals surface area contributed by atoms with E-state index < -0.39 is 35.9 Å². The summed E-state index contributed by atoms with van der Waals surface area (Å²) in [6, 6.07) is 0.164. The molecule has 9 heteroatoms. The van der Waals surface area contributed by atoms with Gasteiger partial charge in [-0.05, 0) is 32.4 Å². The Morgan fingerprint density at radius 1 is 1.35 bits per heavy atom. The van der Waals surface area contributed by atoms with E-state index in [1.54, 1.807) is 20.8 Å². The predicted molar refractivity (Wildman–Crippen MR) is 75.5 cm³/mol. The number of amides is 2. The molecule has 2 heterocycles. The van der Waals surface area contributed by atoms with Crippen LogP contribution in [-0.4, -0.2) is 49.2 Å². The summed E-state index contributed by atoms with van der Waals surface area (Å²) in [6.07, 6.45) is -1.73. The first-order valence-corrected chi connectivity index (χ1v) is 6.93. The first-order chi connectivity index (χ1) is 10.6. The average molecular weight is 327 g/mol. The smallest absolute Gasteiger partial charge is 0.431 e. The number of carbonyl (C=O) groups is 2. The van der Waals surface area contributed by atoms with Crippen LogP contribution in [0.2, 0.25) is 0 Å². The lowest BCUT2D eigenvalue weighted by Crippen LogP contribution is -2.50. The van der Waals surface area contributed by atoms with E-state index in [0.717, 1.165) is 12.3 Å². The average Bonchev–Trinajstić information content (AvgIpc) is 2.74. The molecular formula is C14H18FN3O5. The van der Waals surface area contributed by atoms with E-state index in [1.807, 2.05) is 0 Å². The largest absolute Gasteiger partial charge is 0.464 e. The van der Waals surface area contributed by atoms with Crippen molar-refractivity contribution in [3.63, 3.8) is 0 Å². The van der Waals surface area contributed by atoms with Crippen molar-refractivity contribution >= 4 is 12.2 Å². The highest BCUT2D eigenvalue weighted by Crippen LogP contribution is 2.36. The Morgan fingerprint density at radius 3 is 2.52 bits per heavy atom. The molecule has 0 aromatic carbocycles. The molecule has 1 fully saturated rings. The van der Waals surface area contributed by atoms with Gasteiger partial charge in [0.15, 0.2) is 6.23 Å². The molecule has 1 aliphatic heterocycles. The van der Waals surface area contributed by atoms with Crippen LogP contribution in [0.15, 0.2) is 18.5 Å². The van der Waals surface area contributed by atoms with Crippen LogP contribution in [0.25, 0.3) is 0 Å². The van der Waals surface area contributed by atoms with Crippen molar-refractivity contribution in [1.29, 1.82) is 0 Å².